The van der Waals surface area contributed by atoms with E-state index >= 15 is 0 Å². The van der Waals surface area contributed by atoms with Crippen molar-refractivity contribution in [3.05, 3.63) is 0 Å². The van der Waals surface area contributed by atoms with Gasteiger partial charge in [-0.15, -0.1) is 0 Å². The zero-order valence-corrected chi connectivity index (χ0v) is 7.89. The minimum Gasteiger partial charge on any atom is -0.352 e. The van der Waals surface area contributed by atoms with Gasteiger partial charge in [0, 0.05) is 18.9 Å². The monoisotopic (exact) mass is 202 g/mol. The third kappa shape index (κ3) is 2.66. The van der Waals surface area contributed by atoms with E-state index in [1.807, 2.05) is 0 Å². The fourth-order valence-corrected chi connectivity index (χ4v) is 1.46. The normalized spacial score (nSPS) is 26.6. The van der Waals surface area contributed by atoms with Crippen molar-refractivity contribution in [3.8, 4) is 6.07 Å². The highest BCUT2D eigenvalue weighted by atomic mass is 19.3. The van der Waals surface area contributed by atoms with Crippen molar-refractivity contribution in [1.29, 1.82) is 5.26 Å². The predicted molar refractivity (Wildman–Crippen MR) is 45.5 cm³/mol. The van der Waals surface area contributed by atoms with Crippen LogP contribution >= 0.6 is 0 Å². The Morgan fingerprint density at radius 2 is 2.36 bits per heavy atom. The van der Waals surface area contributed by atoms with Crippen LogP contribution in [0, 0.1) is 17.2 Å². The lowest BCUT2D eigenvalue weighted by Gasteiger charge is -2.13. The van der Waals surface area contributed by atoms with E-state index < -0.39 is 23.8 Å². The SMILES string of the molecule is CC(C#N)C(=O)NC1CCC(F)(F)C1. The number of amides is 1. The number of halogens is 2. The molecule has 0 aromatic rings. The number of alkyl halides is 2. The van der Waals surface area contributed by atoms with E-state index in [9.17, 15) is 13.6 Å². The van der Waals surface area contributed by atoms with Crippen LogP contribution < -0.4 is 5.32 Å². The van der Waals surface area contributed by atoms with E-state index in [2.05, 4.69) is 5.32 Å². The summed E-state index contributed by atoms with van der Waals surface area (Å²) in [6.07, 6.45) is -0.202. The van der Waals surface area contributed by atoms with E-state index in [1.54, 1.807) is 6.07 Å². The van der Waals surface area contributed by atoms with E-state index in [0.717, 1.165) is 0 Å². The quantitative estimate of drug-likeness (QED) is 0.736. The summed E-state index contributed by atoms with van der Waals surface area (Å²) < 4.78 is 25.4. The van der Waals surface area contributed by atoms with Gasteiger partial charge in [0.1, 0.15) is 5.92 Å². The molecule has 1 rings (SSSR count). The average Bonchev–Trinajstić information content (AvgIpc) is 2.44. The van der Waals surface area contributed by atoms with Crippen LogP contribution in [0.4, 0.5) is 8.78 Å². The number of carbonyl (C=O) groups excluding carboxylic acids is 1. The molecule has 2 atom stereocenters. The summed E-state index contributed by atoms with van der Waals surface area (Å²) in [5.74, 6) is -3.90. The molecule has 5 heteroatoms. The van der Waals surface area contributed by atoms with Gasteiger partial charge < -0.3 is 5.32 Å². The van der Waals surface area contributed by atoms with Crippen molar-refractivity contribution < 1.29 is 13.6 Å². The van der Waals surface area contributed by atoms with E-state index in [1.165, 1.54) is 6.92 Å². The summed E-state index contributed by atoms with van der Waals surface area (Å²) >= 11 is 0. The summed E-state index contributed by atoms with van der Waals surface area (Å²) in [5, 5.41) is 10.9. The molecule has 0 aliphatic heterocycles. The Labute approximate surface area is 81.1 Å². The highest BCUT2D eigenvalue weighted by Gasteiger charge is 2.40. The number of rotatable bonds is 2. The smallest absolute Gasteiger partial charge is 0.250 e. The summed E-state index contributed by atoms with van der Waals surface area (Å²) in [5.41, 5.74) is 0. The molecule has 3 nitrogen and oxygen atoms in total. The van der Waals surface area contributed by atoms with Gasteiger partial charge >= 0.3 is 0 Å². The van der Waals surface area contributed by atoms with Crippen LogP contribution in [0.2, 0.25) is 0 Å². The molecule has 0 aromatic heterocycles. The molecule has 0 bridgehead atoms. The highest BCUT2D eigenvalue weighted by molar-refractivity contribution is 5.80. The molecule has 0 spiro atoms. The zero-order chi connectivity index (χ0) is 10.8. The summed E-state index contributed by atoms with van der Waals surface area (Å²) in [6.45, 7) is 1.45. The molecule has 0 saturated heterocycles. The Morgan fingerprint density at radius 3 is 2.79 bits per heavy atom. The third-order valence-electron chi connectivity index (χ3n) is 2.34. The van der Waals surface area contributed by atoms with E-state index in [-0.39, 0.29) is 19.3 Å². The first-order valence-corrected chi connectivity index (χ1v) is 4.52. The topological polar surface area (TPSA) is 52.9 Å². The Bertz CT molecular complexity index is 272. The fourth-order valence-electron chi connectivity index (χ4n) is 1.46. The largest absolute Gasteiger partial charge is 0.352 e. The Balaban J connectivity index is 2.41. The second-order valence-corrected chi connectivity index (χ2v) is 3.66. The molecule has 1 aliphatic rings. The van der Waals surface area contributed by atoms with Crippen molar-refractivity contribution in [2.45, 2.75) is 38.2 Å². The first-order chi connectivity index (χ1) is 6.44. The maximum absolute atomic E-state index is 12.7. The van der Waals surface area contributed by atoms with Crippen LogP contribution in [0.3, 0.4) is 0 Å². The molecular formula is C9H12F2N2O. The summed E-state index contributed by atoms with van der Waals surface area (Å²) in [7, 11) is 0. The van der Waals surface area contributed by atoms with Crippen molar-refractivity contribution in [3.63, 3.8) is 0 Å². The van der Waals surface area contributed by atoms with Crippen molar-refractivity contribution >= 4 is 5.91 Å². The van der Waals surface area contributed by atoms with Gasteiger partial charge in [0.2, 0.25) is 11.8 Å². The summed E-state index contributed by atoms with van der Waals surface area (Å²) in [6, 6.07) is 1.28. The van der Waals surface area contributed by atoms with Crippen molar-refractivity contribution in [2.24, 2.45) is 5.92 Å². The second-order valence-electron chi connectivity index (χ2n) is 3.66. The van der Waals surface area contributed by atoms with Gasteiger partial charge in [0.25, 0.3) is 0 Å². The molecule has 78 valence electrons. The number of hydrogen-bond donors (Lipinski definition) is 1. The van der Waals surface area contributed by atoms with Crippen LogP contribution in [0.5, 0.6) is 0 Å². The van der Waals surface area contributed by atoms with Crippen LogP contribution in [-0.4, -0.2) is 17.9 Å². The highest BCUT2D eigenvalue weighted by Crippen LogP contribution is 2.34. The molecule has 1 fully saturated rings. The standard InChI is InChI=1S/C9H12F2N2O/c1-6(5-12)8(14)13-7-2-3-9(10,11)4-7/h6-7H,2-4H2,1H3,(H,13,14). The first kappa shape index (κ1) is 10.9. The molecular weight excluding hydrogens is 190 g/mol. The van der Waals surface area contributed by atoms with Gasteiger partial charge in [-0.3, -0.25) is 4.79 Å². The lowest BCUT2D eigenvalue weighted by Crippen LogP contribution is -2.36. The Hall–Kier alpha value is -1.18. The van der Waals surface area contributed by atoms with Crippen LogP contribution in [0.1, 0.15) is 26.2 Å². The lowest BCUT2D eigenvalue weighted by atomic mass is 10.1. The van der Waals surface area contributed by atoms with Crippen LogP contribution in [-0.2, 0) is 4.79 Å². The van der Waals surface area contributed by atoms with Gasteiger partial charge in [-0.2, -0.15) is 5.26 Å². The number of nitrogens with zero attached hydrogens (tertiary/aromatic N) is 1. The van der Waals surface area contributed by atoms with E-state index in [0.29, 0.717) is 0 Å². The maximum atomic E-state index is 12.7. The molecule has 1 aliphatic carbocycles. The number of hydrogen-bond acceptors (Lipinski definition) is 2. The number of nitrogens with one attached hydrogen (secondary N) is 1. The van der Waals surface area contributed by atoms with Crippen LogP contribution in [0.15, 0.2) is 0 Å². The fraction of sp³-hybridized carbons (Fsp3) is 0.778. The van der Waals surface area contributed by atoms with Crippen molar-refractivity contribution in [1.82, 2.24) is 5.32 Å². The zero-order valence-electron chi connectivity index (χ0n) is 7.89. The summed E-state index contributed by atoms with van der Waals surface area (Å²) in [4.78, 5) is 11.2. The minimum atomic E-state index is -2.66. The molecule has 0 aromatic carbocycles. The Kier molecular flexibility index (Phi) is 3.04. The molecule has 14 heavy (non-hydrogen) atoms. The third-order valence-corrected chi connectivity index (χ3v) is 2.34. The lowest BCUT2D eigenvalue weighted by molar-refractivity contribution is -0.123. The average molecular weight is 202 g/mol. The van der Waals surface area contributed by atoms with Gasteiger partial charge in [-0.1, -0.05) is 0 Å². The minimum absolute atomic E-state index is 0.182. The molecule has 0 heterocycles. The van der Waals surface area contributed by atoms with Gasteiger partial charge in [0.15, 0.2) is 0 Å². The van der Waals surface area contributed by atoms with Crippen molar-refractivity contribution in [2.75, 3.05) is 0 Å². The van der Waals surface area contributed by atoms with Crippen LogP contribution in [0.25, 0.3) is 0 Å². The van der Waals surface area contributed by atoms with Gasteiger partial charge in [0.05, 0.1) is 6.07 Å². The second kappa shape index (κ2) is 3.91. The predicted octanol–water partition coefficient (Wildman–Crippen LogP) is 1.45. The molecule has 1 N–H and O–H groups in total. The first-order valence-electron chi connectivity index (χ1n) is 4.52. The molecule has 2 unspecified atom stereocenters. The molecule has 1 saturated carbocycles. The Morgan fingerprint density at radius 1 is 1.71 bits per heavy atom. The maximum Gasteiger partial charge on any atom is 0.250 e. The van der Waals surface area contributed by atoms with E-state index in [4.69, 9.17) is 5.26 Å². The van der Waals surface area contributed by atoms with Gasteiger partial charge in [-0.25, -0.2) is 8.78 Å². The van der Waals surface area contributed by atoms with Gasteiger partial charge in [-0.05, 0) is 13.3 Å². The number of nitriles is 1. The molecule has 0 radical (unpaired) electrons. The number of carbonyl (C=O) groups is 1. The molecule has 1 amide bonds.